The van der Waals surface area contributed by atoms with Crippen molar-refractivity contribution in [1.82, 2.24) is 20.4 Å². The minimum atomic E-state index is -0.687. The number of carbonyl (C=O) groups is 2. The summed E-state index contributed by atoms with van der Waals surface area (Å²) in [6, 6.07) is 8.76. The van der Waals surface area contributed by atoms with Crippen LogP contribution >= 0.6 is 0 Å². The Kier molecular flexibility index (Phi) is 5.14. The van der Waals surface area contributed by atoms with E-state index in [1.165, 1.54) is 0 Å². The normalized spacial score (nSPS) is 16.2. The monoisotopic (exact) mass is 341 g/mol. The molecule has 3 N–H and O–H groups in total. The summed E-state index contributed by atoms with van der Waals surface area (Å²) < 4.78 is 1.76. The standard InChI is InChI=1S/C18H23N5O2/c1-2-20-16(24)14-4-6-15(7-5-14)22-17(25)18(8-11-19-12-9-18)23-13-3-10-21-23/h3-7,10,13,19H,2,8-9,11-12H2,1H3,(H,20,24)(H,22,25). The number of hydrogen-bond acceptors (Lipinski definition) is 4. The number of hydrogen-bond donors (Lipinski definition) is 3. The molecule has 2 amide bonds. The quantitative estimate of drug-likeness (QED) is 0.766. The molecule has 0 radical (unpaired) electrons. The van der Waals surface area contributed by atoms with Gasteiger partial charge in [0.25, 0.3) is 11.8 Å². The Morgan fingerprint density at radius 1 is 1.24 bits per heavy atom. The van der Waals surface area contributed by atoms with E-state index in [1.54, 1.807) is 35.1 Å². The van der Waals surface area contributed by atoms with Gasteiger partial charge >= 0.3 is 0 Å². The molecule has 1 fully saturated rings. The zero-order chi connectivity index (χ0) is 17.7. The molecule has 0 unspecified atom stereocenters. The summed E-state index contributed by atoms with van der Waals surface area (Å²) in [6.45, 7) is 3.99. The molecule has 1 aromatic carbocycles. The van der Waals surface area contributed by atoms with Crippen molar-refractivity contribution in [1.29, 1.82) is 0 Å². The topological polar surface area (TPSA) is 88.1 Å². The van der Waals surface area contributed by atoms with Crippen LogP contribution in [-0.2, 0) is 10.3 Å². The van der Waals surface area contributed by atoms with E-state index >= 15 is 0 Å². The van der Waals surface area contributed by atoms with Crippen LogP contribution < -0.4 is 16.0 Å². The molecule has 7 heteroatoms. The smallest absolute Gasteiger partial charge is 0.252 e. The lowest BCUT2D eigenvalue weighted by atomic mass is 9.87. The van der Waals surface area contributed by atoms with Crippen LogP contribution in [0.5, 0.6) is 0 Å². The summed E-state index contributed by atoms with van der Waals surface area (Å²) in [4.78, 5) is 24.8. The lowest BCUT2D eigenvalue weighted by Crippen LogP contribution is -2.52. The Morgan fingerprint density at radius 3 is 2.56 bits per heavy atom. The molecule has 1 saturated heterocycles. The van der Waals surface area contributed by atoms with Crippen molar-refractivity contribution in [2.75, 3.05) is 25.0 Å². The Balaban J connectivity index is 1.77. The predicted molar refractivity (Wildman–Crippen MR) is 95.4 cm³/mol. The molecule has 1 aliphatic rings. The van der Waals surface area contributed by atoms with Gasteiger partial charge in [-0.2, -0.15) is 5.10 Å². The summed E-state index contributed by atoms with van der Waals surface area (Å²) in [5.41, 5.74) is 0.555. The van der Waals surface area contributed by atoms with E-state index in [0.717, 1.165) is 13.1 Å². The highest BCUT2D eigenvalue weighted by atomic mass is 16.2. The van der Waals surface area contributed by atoms with Gasteiger partial charge in [0.2, 0.25) is 0 Å². The lowest BCUT2D eigenvalue weighted by molar-refractivity contribution is -0.126. The molecule has 3 rings (SSSR count). The van der Waals surface area contributed by atoms with E-state index in [-0.39, 0.29) is 11.8 Å². The molecule has 7 nitrogen and oxygen atoms in total. The molecule has 0 aliphatic carbocycles. The van der Waals surface area contributed by atoms with Gasteiger partial charge in [-0.1, -0.05) is 0 Å². The number of benzene rings is 1. The van der Waals surface area contributed by atoms with E-state index in [9.17, 15) is 9.59 Å². The van der Waals surface area contributed by atoms with Gasteiger partial charge in [0, 0.05) is 30.2 Å². The fourth-order valence-electron chi connectivity index (χ4n) is 3.14. The highest BCUT2D eigenvalue weighted by Crippen LogP contribution is 2.28. The molecule has 132 valence electrons. The summed E-state index contributed by atoms with van der Waals surface area (Å²) in [5, 5.41) is 13.3. The molecule has 1 aromatic heterocycles. The summed E-state index contributed by atoms with van der Waals surface area (Å²) in [6.07, 6.45) is 4.89. The van der Waals surface area contributed by atoms with Gasteiger partial charge in [0.15, 0.2) is 0 Å². The molecule has 0 saturated carbocycles. The predicted octanol–water partition coefficient (Wildman–Crippen LogP) is 1.35. The number of aromatic nitrogens is 2. The molecule has 2 heterocycles. The van der Waals surface area contributed by atoms with E-state index in [4.69, 9.17) is 0 Å². The Bertz CT molecular complexity index is 718. The molecule has 0 bridgehead atoms. The molecular weight excluding hydrogens is 318 g/mol. The van der Waals surface area contributed by atoms with E-state index in [0.29, 0.717) is 30.6 Å². The van der Waals surface area contributed by atoms with Gasteiger partial charge in [-0.3, -0.25) is 14.3 Å². The van der Waals surface area contributed by atoms with E-state index in [2.05, 4.69) is 21.0 Å². The Hall–Kier alpha value is -2.67. The largest absolute Gasteiger partial charge is 0.352 e. The maximum absolute atomic E-state index is 13.0. The fraction of sp³-hybridized carbons (Fsp3) is 0.389. The number of piperidine rings is 1. The first kappa shape index (κ1) is 17.2. The van der Waals surface area contributed by atoms with Crippen LogP contribution in [0.15, 0.2) is 42.7 Å². The third-order valence-corrected chi connectivity index (χ3v) is 4.54. The van der Waals surface area contributed by atoms with Crippen LogP contribution in [0, 0.1) is 0 Å². The maximum Gasteiger partial charge on any atom is 0.252 e. The average molecular weight is 341 g/mol. The zero-order valence-corrected chi connectivity index (χ0v) is 14.3. The third-order valence-electron chi connectivity index (χ3n) is 4.54. The van der Waals surface area contributed by atoms with Crippen molar-refractivity contribution < 1.29 is 9.59 Å². The van der Waals surface area contributed by atoms with Crippen LogP contribution in [0.4, 0.5) is 5.69 Å². The van der Waals surface area contributed by atoms with Crippen molar-refractivity contribution in [3.63, 3.8) is 0 Å². The van der Waals surface area contributed by atoms with Crippen molar-refractivity contribution >= 4 is 17.5 Å². The summed E-state index contributed by atoms with van der Waals surface area (Å²) in [7, 11) is 0. The SMILES string of the molecule is CCNC(=O)c1ccc(NC(=O)C2(n3cccn3)CCNCC2)cc1. The van der Waals surface area contributed by atoms with Crippen LogP contribution in [0.1, 0.15) is 30.1 Å². The first-order valence-corrected chi connectivity index (χ1v) is 8.56. The molecule has 0 spiro atoms. The zero-order valence-electron chi connectivity index (χ0n) is 14.3. The first-order valence-electron chi connectivity index (χ1n) is 8.56. The van der Waals surface area contributed by atoms with Crippen molar-refractivity contribution in [3.8, 4) is 0 Å². The van der Waals surface area contributed by atoms with Crippen LogP contribution in [0.2, 0.25) is 0 Å². The highest BCUT2D eigenvalue weighted by Gasteiger charge is 2.42. The van der Waals surface area contributed by atoms with E-state index < -0.39 is 5.54 Å². The second kappa shape index (κ2) is 7.48. The molecule has 2 aromatic rings. The number of anilines is 1. The fourth-order valence-corrected chi connectivity index (χ4v) is 3.14. The summed E-state index contributed by atoms with van der Waals surface area (Å²) >= 11 is 0. The van der Waals surface area contributed by atoms with E-state index in [1.807, 2.05) is 19.2 Å². The molecule has 1 aliphatic heterocycles. The summed E-state index contributed by atoms with van der Waals surface area (Å²) in [5.74, 6) is -0.199. The molecule has 25 heavy (non-hydrogen) atoms. The van der Waals surface area contributed by atoms with Crippen LogP contribution in [0.25, 0.3) is 0 Å². The van der Waals surface area contributed by atoms with Gasteiger partial charge in [-0.15, -0.1) is 0 Å². The second-order valence-electron chi connectivity index (χ2n) is 6.12. The Labute approximate surface area is 146 Å². The minimum Gasteiger partial charge on any atom is -0.352 e. The maximum atomic E-state index is 13.0. The van der Waals surface area contributed by atoms with Gasteiger partial charge in [0.05, 0.1) is 0 Å². The number of amides is 2. The number of rotatable bonds is 5. The Morgan fingerprint density at radius 2 is 1.96 bits per heavy atom. The first-order chi connectivity index (χ1) is 12.2. The van der Waals surface area contributed by atoms with Crippen molar-refractivity contribution in [3.05, 3.63) is 48.3 Å². The molecule has 0 atom stereocenters. The second-order valence-corrected chi connectivity index (χ2v) is 6.12. The van der Waals surface area contributed by atoms with Crippen molar-refractivity contribution in [2.24, 2.45) is 0 Å². The van der Waals surface area contributed by atoms with Crippen LogP contribution in [0.3, 0.4) is 0 Å². The number of carbonyl (C=O) groups excluding carboxylic acids is 2. The molecular formula is C18H23N5O2. The third kappa shape index (κ3) is 3.56. The lowest BCUT2D eigenvalue weighted by Gasteiger charge is -2.36. The number of nitrogens with zero attached hydrogens (tertiary/aromatic N) is 2. The van der Waals surface area contributed by atoms with Crippen LogP contribution in [-0.4, -0.2) is 41.2 Å². The van der Waals surface area contributed by atoms with Gasteiger partial charge in [-0.05, 0) is 63.2 Å². The van der Waals surface area contributed by atoms with Gasteiger partial charge in [-0.25, -0.2) is 0 Å². The highest BCUT2D eigenvalue weighted by molar-refractivity contribution is 5.98. The average Bonchev–Trinajstić information content (AvgIpc) is 3.18. The minimum absolute atomic E-state index is 0.0801. The van der Waals surface area contributed by atoms with Gasteiger partial charge in [0.1, 0.15) is 5.54 Å². The number of nitrogens with one attached hydrogen (secondary N) is 3. The van der Waals surface area contributed by atoms with Gasteiger partial charge < -0.3 is 16.0 Å². The van der Waals surface area contributed by atoms with Crippen molar-refractivity contribution in [2.45, 2.75) is 25.3 Å².